The van der Waals surface area contributed by atoms with Crippen LogP contribution in [0.1, 0.15) is 21.5 Å². The number of carbonyl (C=O) groups excluding carboxylic acids is 1. The van der Waals surface area contributed by atoms with Crippen molar-refractivity contribution in [1.82, 2.24) is 5.32 Å². The van der Waals surface area contributed by atoms with Crippen molar-refractivity contribution >= 4 is 11.9 Å². The molecule has 2 N–H and O–H groups in total. The van der Waals surface area contributed by atoms with E-state index in [-0.39, 0.29) is 18.9 Å². The van der Waals surface area contributed by atoms with Crippen LogP contribution in [0.15, 0.2) is 47.3 Å². The third-order valence-corrected chi connectivity index (χ3v) is 2.68. The van der Waals surface area contributed by atoms with E-state index >= 15 is 0 Å². The van der Waals surface area contributed by atoms with E-state index in [1.165, 1.54) is 12.5 Å². The molecule has 0 aliphatic carbocycles. The zero-order valence-electron chi connectivity index (χ0n) is 10.1. The highest BCUT2D eigenvalue weighted by atomic mass is 16.4. The molecule has 0 fully saturated rings. The Morgan fingerprint density at radius 1 is 1.16 bits per heavy atom. The third-order valence-electron chi connectivity index (χ3n) is 2.68. The molecule has 98 valence electrons. The largest absolute Gasteiger partial charge is 0.481 e. The molecule has 0 saturated heterocycles. The molecule has 19 heavy (non-hydrogen) atoms. The number of carboxylic acids is 1. The molecule has 0 spiro atoms. The fourth-order valence-corrected chi connectivity index (χ4v) is 1.74. The van der Waals surface area contributed by atoms with Crippen molar-refractivity contribution in [3.63, 3.8) is 0 Å². The maximum absolute atomic E-state index is 11.7. The van der Waals surface area contributed by atoms with E-state index in [2.05, 4.69) is 5.32 Å². The third kappa shape index (κ3) is 3.45. The first kappa shape index (κ1) is 12.9. The molecule has 1 aromatic carbocycles. The van der Waals surface area contributed by atoms with E-state index in [1.807, 2.05) is 6.07 Å². The van der Waals surface area contributed by atoms with E-state index in [0.717, 1.165) is 5.56 Å². The summed E-state index contributed by atoms with van der Waals surface area (Å²) in [6.45, 7) is 0.285. The van der Waals surface area contributed by atoms with E-state index in [1.54, 1.807) is 24.3 Å². The van der Waals surface area contributed by atoms with Crippen molar-refractivity contribution in [2.45, 2.75) is 13.0 Å². The van der Waals surface area contributed by atoms with Crippen molar-refractivity contribution in [3.8, 4) is 0 Å². The SMILES string of the molecule is O=C(O)Cc1ccccc1CNC(=O)c1ccoc1. The van der Waals surface area contributed by atoms with Gasteiger partial charge in [-0.25, -0.2) is 0 Å². The summed E-state index contributed by atoms with van der Waals surface area (Å²) < 4.78 is 4.83. The highest BCUT2D eigenvalue weighted by molar-refractivity contribution is 5.93. The summed E-state index contributed by atoms with van der Waals surface area (Å²) in [6.07, 6.45) is 2.73. The summed E-state index contributed by atoms with van der Waals surface area (Å²) in [7, 11) is 0. The Bertz CT molecular complexity index is 575. The lowest BCUT2D eigenvalue weighted by Gasteiger charge is -2.08. The van der Waals surface area contributed by atoms with Crippen LogP contribution in [0.25, 0.3) is 0 Å². The van der Waals surface area contributed by atoms with Gasteiger partial charge in [0.05, 0.1) is 18.2 Å². The zero-order chi connectivity index (χ0) is 13.7. The number of hydrogen-bond acceptors (Lipinski definition) is 3. The summed E-state index contributed by atoms with van der Waals surface area (Å²) in [4.78, 5) is 22.5. The van der Waals surface area contributed by atoms with Crippen molar-refractivity contribution in [2.75, 3.05) is 0 Å². The van der Waals surface area contributed by atoms with Crippen LogP contribution in [0.4, 0.5) is 0 Å². The molecule has 0 bridgehead atoms. The molecular formula is C14H13NO4. The van der Waals surface area contributed by atoms with Crippen molar-refractivity contribution in [2.24, 2.45) is 0 Å². The summed E-state index contributed by atoms with van der Waals surface area (Å²) in [5.74, 6) is -1.15. The number of carbonyl (C=O) groups is 2. The molecule has 0 atom stereocenters. The minimum Gasteiger partial charge on any atom is -0.481 e. The molecule has 5 nitrogen and oxygen atoms in total. The fourth-order valence-electron chi connectivity index (χ4n) is 1.74. The Labute approximate surface area is 109 Å². The Kier molecular flexibility index (Phi) is 3.97. The van der Waals surface area contributed by atoms with Crippen LogP contribution in [0, 0.1) is 0 Å². The first-order valence-corrected chi connectivity index (χ1v) is 5.76. The van der Waals surface area contributed by atoms with Gasteiger partial charge in [0.1, 0.15) is 6.26 Å². The maximum atomic E-state index is 11.7. The van der Waals surface area contributed by atoms with Gasteiger partial charge in [-0.1, -0.05) is 24.3 Å². The van der Waals surface area contributed by atoms with Crippen molar-refractivity contribution in [3.05, 3.63) is 59.5 Å². The lowest BCUT2D eigenvalue weighted by Crippen LogP contribution is -2.23. The Morgan fingerprint density at radius 2 is 1.89 bits per heavy atom. The number of furan rings is 1. The smallest absolute Gasteiger partial charge is 0.307 e. The molecule has 1 aromatic heterocycles. The average Bonchev–Trinajstić information content (AvgIpc) is 2.90. The van der Waals surface area contributed by atoms with Gasteiger partial charge >= 0.3 is 5.97 Å². The molecule has 0 radical (unpaired) electrons. The first-order chi connectivity index (χ1) is 9.16. The highest BCUT2D eigenvalue weighted by Crippen LogP contribution is 2.10. The van der Waals surface area contributed by atoms with Gasteiger partial charge in [0, 0.05) is 6.54 Å². The van der Waals surface area contributed by atoms with Gasteiger partial charge in [-0.3, -0.25) is 9.59 Å². The van der Waals surface area contributed by atoms with Crippen LogP contribution in [-0.4, -0.2) is 17.0 Å². The van der Waals surface area contributed by atoms with E-state index in [9.17, 15) is 9.59 Å². The molecule has 0 unspecified atom stereocenters. The summed E-state index contributed by atoms with van der Waals surface area (Å²) in [5, 5.41) is 11.5. The van der Waals surface area contributed by atoms with Gasteiger partial charge in [0.15, 0.2) is 0 Å². The van der Waals surface area contributed by atoms with Crippen LogP contribution in [-0.2, 0) is 17.8 Å². The molecule has 5 heteroatoms. The number of nitrogens with one attached hydrogen (secondary N) is 1. The zero-order valence-corrected chi connectivity index (χ0v) is 10.1. The van der Waals surface area contributed by atoms with E-state index < -0.39 is 5.97 Å². The Hall–Kier alpha value is -2.56. The van der Waals surface area contributed by atoms with Gasteiger partial charge in [-0.05, 0) is 17.2 Å². The summed E-state index contributed by atoms with van der Waals surface area (Å²) in [6, 6.07) is 8.70. The lowest BCUT2D eigenvalue weighted by molar-refractivity contribution is -0.136. The molecule has 0 aliphatic rings. The molecule has 2 rings (SSSR count). The van der Waals surface area contributed by atoms with Gasteiger partial charge in [0.2, 0.25) is 0 Å². The van der Waals surface area contributed by atoms with Crippen LogP contribution in [0.2, 0.25) is 0 Å². The van der Waals surface area contributed by atoms with Crippen LogP contribution < -0.4 is 5.32 Å². The number of amides is 1. The van der Waals surface area contributed by atoms with Crippen molar-refractivity contribution in [1.29, 1.82) is 0 Å². The number of aliphatic carboxylic acids is 1. The number of rotatable bonds is 5. The molecule has 0 saturated carbocycles. The second kappa shape index (κ2) is 5.86. The predicted octanol–water partition coefficient (Wildman–Crippen LogP) is 1.84. The fraction of sp³-hybridized carbons (Fsp3) is 0.143. The van der Waals surface area contributed by atoms with E-state index in [0.29, 0.717) is 11.1 Å². The molecule has 1 heterocycles. The monoisotopic (exact) mass is 259 g/mol. The minimum absolute atomic E-state index is 0.0578. The average molecular weight is 259 g/mol. The predicted molar refractivity (Wildman–Crippen MR) is 67.7 cm³/mol. The van der Waals surface area contributed by atoms with Gasteiger partial charge < -0.3 is 14.8 Å². The quantitative estimate of drug-likeness (QED) is 0.858. The minimum atomic E-state index is -0.895. The molecule has 1 amide bonds. The van der Waals surface area contributed by atoms with Crippen LogP contribution in [0.5, 0.6) is 0 Å². The molecular weight excluding hydrogens is 246 g/mol. The summed E-state index contributed by atoms with van der Waals surface area (Å²) in [5.41, 5.74) is 1.93. The van der Waals surface area contributed by atoms with Crippen LogP contribution >= 0.6 is 0 Å². The highest BCUT2D eigenvalue weighted by Gasteiger charge is 2.09. The number of benzene rings is 1. The Morgan fingerprint density at radius 3 is 2.53 bits per heavy atom. The molecule has 0 aliphatic heterocycles. The van der Waals surface area contributed by atoms with Crippen molar-refractivity contribution < 1.29 is 19.1 Å². The van der Waals surface area contributed by atoms with Gasteiger partial charge in [0.25, 0.3) is 5.91 Å². The Balaban J connectivity index is 2.03. The lowest BCUT2D eigenvalue weighted by atomic mass is 10.0. The van der Waals surface area contributed by atoms with Gasteiger partial charge in [-0.15, -0.1) is 0 Å². The second-order valence-electron chi connectivity index (χ2n) is 4.03. The first-order valence-electron chi connectivity index (χ1n) is 5.76. The van der Waals surface area contributed by atoms with Gasteiger partial charge in [-0.2, -0.15) is 0 Å². The summed E-state index contributed by atoms with van der Waals surface area (Å²) >= 11 is 0. The van der Waals surface area contributed by atoms with Crippen LogP contribution in [0.3, 0.4) is 0 Å². The maximum Gasteiger partial charge on any atom is 0.307 e. The number of hydrogen-bond donors (Lipinski definition) is 2. The second-order valence-corrected chi connectivity index (χ2v) is 4.03. The normalized spacial score (nSPS) is 10.1. The van der Waals surface area contributed by atoms with E-state index in [4.69, 9.17) is 9.52 Å². The molecule has 2 aromatic rings. The standard InChI is InChI=1S/C14H13NO4/c16-13(17)7-10-3-1-2-4-11(10)8-15-14(18)12-5-6-19-9-12/h1-6,9H,7-8H2,(H,15,18)(H,16,17). The topological polar surface area (TPSA) is 79.5 Å². The number of carboxylic acid groups (broad SMARTS) is 1.